The SMILES string of the molecule is Cc1ccc(NC(=O)c2cc(-c3ccccc3Cl)nn2-c2ccc(Cl)c(Cl)c2)cc1. The predicted molar refractivity (Wildman–Crippen MR) is 123 cm³/mol. The van der Waals surface area contributed by atoms with E-state index in [0.29, 0.717) is 37.8 Å². The van der Waals surface area contributed by atoms with Gasteiger partial charge in [-0.3, -0.25) is 4.79 Å². The number of rotatable bonds is 4. The molecule has 7 heteroatoms. The molecule has 0 fully saturated rings. The summed E-state index contributed by atoms with van der Waals surface area (Å²) in [7, 11) is 0. The Hall–Kier alpha value is -2.79. The Bertz CT molecular complexity index is 1230. The van der Waals surface area contributed by atoms with E-state index in [-0.39, 0.29) is 5.91 Å². The Morgan fingerprint density at radius 2 is 1.60 bits per heavy atom. The van der Waals surface area contributed by atoms with Gasteiger partial charge in [0.05, 0.1) is 26.4 Å². The largest absolute Gasteiger partial charge is 0.321 e. The number of carbonyl (C=O) groups is 1. The Morgan fingerprint density at radius 1 is 0.867 bits per heavy atom. The number of aromatic nitrogens is 2. The molecule has 0 bridgehead atoms. The molecule has 0 saturated heterocycles. The van der Waals surface area contributed by atoms with E-state index in [1.165, 1.54) is 4.68 Å². The number of nitrogens with zero attached hydrogens (tertiary/aromatic N) is 2. The van der Waals surface area contributed by atoms with Gasteiger partial charge in [-0.2, -0.15) is 5.10 Å². The fourth-order valence-corrected chi connectivity index (χ4v) is 3.51. The molecule has 0 unspecified atom stereocenters. The number of hydrogen-bond acceptors (Lipinski definition) is 2. The molecule has 0 aliphatic heterocycles. The van der Waals surface area contributed by atoms with Gasteiger partial charge in [-0.25, -0.2) is 4.68 Å². The summed E-state index contributed by atoms with van der Waals surface area (Å²) in [6.45, 7) is 1.99. The first-order valence-electron chi connectivity index (χ1n) is 9.11. The van der Waals surface area contributed by atoms with Gasteiger partial charge in [0.2, 0.25) is 0 Å². The molecule has 4 aromatic rings. The van der Waals surface area contributed by atoms with Crippen molar-refractivity contribution in [3.8, 4) is 16.9 Å². The van der Waals surface area contributed by atoms with E-state index in [2.05, 4.69) is 10.4 Å². The molecule has 1 heterocycles. The number of benzene rings is 3. The molecular weight excluding hydrogens is 441 g/mol. The fourth-order valence-electron chi connectivity index (χ4n) is 2.99. The van der Waals surface area contributed by atoms with Crippen molar-refractivity contribution >= 4 is 46.4 Å². The smallest absolute Gasteiger partial charge is 0.274 e. The van der Waals surface area contributed by atoms with Crippen LogP contribution in [-0.4, -0.2) is 15.7 Å². The lowest BCUT2D eigenvalue weighted by Gasteiger charge is -2.09. The van der Waals surface area contributed by atoms with Crippen LogP contribution in [0, 0.1) is 6.92 Å². The van der Waals surface area contributed by atoms with Crippen LogP contribution < -0.4 is 5.32 Å². The van der Waals surface area contributed by atoms with Crippen LogP contribution in [-0.2, 0) is 0 Å². The third-order valence-corrected chi connectivity index (χ3v) is 5.62. The first kappa shape index (κ1) is 20.5. The molecule has 0 aliphatic rings. The van der Waals surface area contributed by atoms with E-state index in [1.807, 2.05) is 49.4 Å². The van der Waals surface area contributed by atoms with Crippen LogP contribution in [0.2, 0.25) is 15.1 Å². The fraction of sp³-hybridized carbons (Fsp3) is 0.0435. The molecule has 4 rings (SSSR count). The number of halogens is 3. The molecule has 1 aromatic heterocycles. The van der Waals surface area contributed by atoms with Gasteiger partial charge < -0.3 is 5.32 Å². The van der Waals surface area contributed by atoms with Crippen LogP contribution in [0.3, 0.4) is 0 Å². The van der Waals surface area contributed by atoms with Crippen LogP contribution in [0.15, 0.2) is 72.8 Å². The standard InChI is InChI=1S/C23H16Cl3N3O/c1-14-6-8-15(9-7-14)27-23(30)22-13-21(17-4-2-3-5-18(17)24)28-29(22)16-10-11-19(25)20(26)12-16/h2-13H,1H3,(H,27,30). The Morgan fingerprint density at radius 3 is 2.30 bits per heavy atom. The van der Waals surface area contributed by atoms with Gasteiger partial charge in [-0.1, -0.05) is 70.7 Å². The molecule has 0 spiro atoms. The molecule has 0 radical (unpaired) electrons. The van der Waals surface area contributed by atoms with Crippen molar-refractivity contribution in [3.63, 3.8) is 0 Å². The minimum absolute atomic E-state index is 0.310. The molecule has 0 aliphatic carbocycles. The first-order chi connectivity index (χ1) is 14.4. The van der Waals surface area contributed by atoms with Crippen LogP contribution in [0.5, 0.6) is 0 Å². The summed E-state index contributed by atoms with van der Waals surface area (Å²) >= 11 is 18.6. The molecule has 30 heavy (non-hydrogen) atoms. The minimum Gasteiger partial charge on any atom is -0.321 e. The monoisotopic (exact) mass is 455 g/mol. The molecule has 0 saturated carbocycles. The predicted octanol–water partition coefficient (Wildman–Crippen LogP) is 7.06. The van der Waals surface area contributed by atoms with Crippen LogP contribution >= 0.6 is 34.8 Å². The van der Waals surface area contributed by atoms with Crippen LogP contribution in [0.25, 0.3) is 16.9 Å². The second-order valence-electron chi connectivity index (χ2n) is 6.73. The third kappa shape index (κ3) is 4.21. The summed E-state index contributed by atoms with van der Waals surface area (Å²) in [5.41, 5.74) is 4.03. The molecule has 0 atom stereocenters. The van der Waals surface area contributed by atoms with Crippen LogP contribution in [0.4, 0.5) is 5.69 Å². The molecule has 3 aromatic carbocycles. The summed E-state index contributed by atoms with van der Waals surface area (Å²) in [5.74, 6) is -0.310. The van der Waals surface area contributed by atoms with Crippen LogP contribution in [0.1, 0.15) is 16.1 Å². The second kappa shape index (κ2) is 8.52. The highest BCUT2D eigenvalue weighted by molar-refractivity contribution is 6.42. The zero-order chi connectivity index (χ0) is 21.3. The molecule has 1 amide bonds. The Labute approximate surface area is 189 Å². The van der Waals surface area contributed by atoms with E-state index in [1.54, 1.807) is 30.3 Å². The number of aryl methyl sites for hydroxylation is 1. The Balaban J connectivity index is 1.80. The zero-order valence-electron chi connectivity index (χ0n) is 15.9. The molecule has 150 valence electrons. The van der Waals surface area contributed by atoms with Crippen molar-refractivity contribution in [3.05, 3.63) is 99.1 Å². The topological polar surface area (TPSA) is 46.9 Å². The lowest BCUT2D eigenvalue weighted by Crippen LogP contribution is -2.17. The second-order valence-corrected chi connectivity index (χ2v) is 7.95. The maximum Gasteiger partial charge on any atom is 0.274 e. The third-order valence-electron chi connectivity index (χ3n) is 4.55. The summed E-state index contributed by atoms with van der Waals surface area (Å²) in [4.78, 5) is 13.1. The number of amides is 1. The molecule has 4 nitrogen and oxygen atoms in total. The number of hydrogen-bond donors (Lipinski definition) is 1. The van der Waals surface area contributed by atoms with Gasteiger partial charge in [0.15, 0.2) is 0 Å². The maximum absolute atomic E-state index is 13.1. The van der Waals surface area contributed by atoms with E-state index < -0.39 is 0 Å². The van der Waals surface area contributed by atoms with Crippen molar-refractivity contribution in [2.75, 3.05) is 5.32 Å². The lowest BCUT2D eigenvalue weighted by atomic mass is 10.1. The van der Waals surface area contributed by atoms with E-state index in [4.69, 9.17) is 34.8 Å². The Kier molecular flexibility index (Phi) is 5.82. The van der Waals surface area contributed by atoms with Gasteiger partial charge in [0.1, 0.15) is 5.69 Å². The van der Waals surface area contributed by atoms with Crippen molar-refractivity contribution in [2.24, 2.45) is 0 Å². The van der Waals surface area contributed by atoms with Crippen molar-refractivity contribution in [1.29, 1.82) is 0 Å². The maximum atomic E-state index is 13.1. The van der Waals surface area contributed by atoms with Crippen molar-refractivity contribution in [2.45, 2.75) is 6.92 Å². The van der Waals surface area contributed by atoms with Gasteiger partial charge in [0.25, 0.3) is 5.91 Å². The summed E-state index contributed by atoms with van der Waals surface area (Å²) < 4.78 is 1.53. The molecular formula is C23H16Cl3N3O. The first-order valence-corrected chi connectivity index (χ1v) is 10.2. The summed E-state index contributed by atoms with van der Waals surface area (Å²) in [5, 5.41) is 8.87. The average molecular weight is 457 g/mol. The van der Waals surface area contributed by atoms with E-state index in [9.17, 15) is 4.79 Å². The van der Waals surface area contributed by atoms with Crippen molar-refractivity contribution < 1.29 is 4.79 Å². The minimum atomic E-state index is -0.310. The number of carbonyl (C=O) groups excluding carboxylic acids is 1. The normalized spacial score (nSPS) is 10.8. The zero-order valence-corrected chi connectivity index (χ0v) is 18.1. The molecule has 1 N–H and O–H groups in total. The van der Waals surface area contributed by atoms with Gasteiger partial charge in [0, 0.05) is 11.3 Å². The highest BCUT2D eigenvalue weighted by Crippen LogP contribution is 2.30. The van der Waals surface area contributed by atoms with E-state index >= 15 is 0 Å². The summed E-state index contributed by atoms with van der Waals surface area (Å²) in [6.07, 6.45) is 0. The summed E-state index contributed by atoms with van der Waals surface area (Å²) in [6, 6.07) is 21.7. The quantitative estimate of drug-likeness (QED) is 0.357. The highest BCUT2D eigenvalue weighted by Gasteiger charge is 2.19. The van der Waals surface area contributed by atoms with Crippen molar-refractivity contribution in [1.82, 2.24) is 9.78 Å². The van der Waals surface area contributed by atoms with Gasteiger partial charge in [-0.15, -0.1) is 0 Å². The van der Waals surface area contributed by atoms with Gasteiger partial charge >= 0.3 is 0 Å². The number of nitrogens with one attached hydrogen (secondary N) is 1. The highest BCUT2D eigenvalue weighted by atomic mass is 35.5. The van der Waals surface area contributed by atoms with E-state index in [0.717, 1.165) is 11.1 Å². The lowest BCUT2D eigenvalue weighted by molar-refractivity contribution is 0.101. The van der Waals surface area contributed by atoms with Gasteiger partial charge in [-0.05, 0) is 49.4 Å². The average Bonchev–Trinajstić information content (AvgIpc) is 3.17. The number of anilines is 1.